The van der Waals surface area contributed by atoms with Crippen LogP contribution in [0.1, 0.15) is 52.4 Å². The summed E-state index contributed by atoms with van der Waals surface area (Å²) in [5, 5.41) is 0. The zero-order chi connectivity index (χ0) is 15.6. The number of unbranched alkanes of at least 4 members (excludes halogenated alkanes) is 3. The molecular formula is C18H32Br2N4. The summed E-state index contributed by atoms with van der Waals surface area (Å²) in [5.74, 6) is 0. The van der Waals surface area contributed by atoms with Crippen molar-refractivity contribution < 1.29 is 43.1 Å². The normalized spacial score (nSPS) is 10.2. The number of hydrogen-bond donors (Lipinski definition) is 0. The third-order valence-corrected chi connectivity index (χ3v) is 4.11. The van der Waals surface area contributed by atoms with E-state index >= 15 is 0 Å². The zero-order valence-electron chi connectivity index (χ0n) is 15.1. The summed E-state index contributed by atoms with van der Waals surface area (Å²) in [4.78, 5) is 0. The number of imidazole rings is 2. The summed E-state index contributed by atoms with van der Waals surface area (Å²) in [6.07, 6.45) is 20.8. The molecule has 24 heavy (non-hydrogen) atoms. The minimum absolute atomic E-state index is 0. The largest absolute Gasteiger partial charge is 1.00 e. The van der Waals surface area contributed by atoms with Gasteiger partial charge in [0, 0.05) is 0 Å². The molecule has 0 amide bonds. The maximum absolute atomic E-state index is 2.31. The molecule has 0 bridgehead atoms. The van der Waals surface area contributed by atoms with Gasteiger partial charge in [-0.15, -0.1) is 0 Å². The average molecular weight is 464 g/mol. The standard InChI is InChI=1S/C18H32N4.2BrH/c1-3-5-9-19-13-15-21(17-19)11-7-8-12-22-16-14-20(18-22)10-6-4-2;;/h13-18H,3-12H2,1-2H3;2*1H/q+2;;/p-2. The first-order valence-electron chi connectivity index (χ1n) is 8.91. The second kappa shape index (κ2) is 13.6. The van der Waals surface area contributed by atoms with Crippen LogP contribution in [0.3, 0.4) is 0 Å². The third kappa shape index (κ3) is 8.47. The van der Waals surface area contributed by atoms with Crippen molar-refractivity contribution in [2.24, 2.45) is 0 Å². The Morgan fingerprint density at radius 1 is 0.667 bits per heavy atom. The third-order valence-electron chi connectivity index (χ3n) is 4.11. The Bertz CT molecular complexity index is 488. The monoisotopic (exact) mass is 462 g/mol. The van der Waals surface area contributed by atoms with Crippen LogP contribution in [0.5, 0.6) is 0 Å². The molecule has 0 saturated heterocycles. The van der Waals surface area contributed by atoms with Gasteiger partial charge in [0.15, 0.2) is 0 Å². The molecule has 138 valence electrons. The molecule has 0 aliphatic carbocycles. The van der Waals surface area contributed by atoms with Gasteiger partial charge in [-0.05, 0) is 25.7 Å². The van der Waals surface area contributed by atoms with Crippen LogP contribution in [0.25, 0.3) is 0 Å². The number of nitrogens with zero attached hydrogens (tertiary/aromatic N) is 4. The van der Waals surface area contributed by atoms with E-state index in [9.17, 15) is 0 Å². The van der Waals surface area contributed by atoms with Gasteiger partial charge in [0.05, 0.1) is 26.2 Å². The highest BCUT2D eigenvalue weighted by atomic mass is 79.9. The number of aromatic nitrogens is 4. The number of halogens is 2. The maximum Gasteiger partial charge on any atom is 0.243 e. The van der Waals surface area contributed by atoms with Crippen molar-refractivity contribution in [3.05, 3.63) is 37.4 Å². The van der Waals surface area contributed by atoms with E-state index < -0.39 is 0 Å². The maximum atomic E-state index is 2.31. The van der Waals surface area contributed by atoms with Crippen molar-refractivity contribution in [2.75, 3.05) is 0 Å². The van der Waals surface area contributed by atoms with Crippen molar-refractivity contribution in [3.8, 4) is 0 Å². The topological polar surface area (TPSA) is 17.6 Å². The van der Waals surface area contributed by atoms with Gasteiger partial charge < -0.3 is 34.0 Å². The molecule has 2 aromatic heterocycles. The lowest BCUT2D eigenvalue weighted by Gasteiger charge is -1.97. The van der Waals surface area contributed by atoms with E-state index in [1.54, 1.807) is 0 Å². The lowest BCUT2D eigenvalue weighted by atomic mass is 10.3. The minimum atomic E-state index is 0. The lowest BCUT2D eigenvalue weighted by molar-refractivity contribution is -0.707. The van der Waals surface area contributed by atoms with Gasteiger partial charge in [0.1, 0.15) is 24.8 Å². The van der Waals surface area contributed by atoms with E-state index in [4.69, 9.17) is 0 Å². The predicted molar refractivity (Wildman–Crippen MR) is 88.3 cm³/mol. The first-order valence-corrected chi connectivity index (χ1v) is 8.91. The van der Waals surface area contributed by atoms with E-state index in [0.29, 0.717) is 0 Å². The van der Waals surface area contributed by atoms with Crippen LogP contribution < -0.4 is 43.1 Å². The fourth-order valence-corrected chi connectivity index (χ4v) is 2.68. The van der Waals surface area contributed by atoms with Crippen LogP contribution in [0.15, 0.2) is 37.4 Å². The summed E-state index contributed by atoms with van der Waals surface area (Å²) in [7, 11) is 0. The van der Waals surface area contributed by atoms with Gasteiger partial charge in [0.25, 0.3) is 0 Å². The Morgan fingerprint density at radius 2 is 1.08 bits per heavy atom. The number of hydrogen-bond acceptors (Lipinski definition) is 0. The molecule has 2 heterocycles. The highest BCUT2D eigenvalue weighted by molar-refractivity contribution is 4.66. The molecule has 2 rings (SSSR count). The molecule has 0 aliphatic rings. The van der Waals surface area contributed by atoms with Crippen LogP contribution in [0.2, 0.25) is 0 Å². The molecule has 0 saturated carbocycles. The molecule has 2 aromatic rings. The van der Waals surface area contributed by atoms with Crippen molar-refractivity contribution in [3.63, 3.8) is 0 Å². The zero-order valence-corrected chi connectivity index (χ0v) is 18.3. The Morgan fingerprint density at radius 3 is 1.46 bits per heavy atom. The Balaban J connectivity index is 0.00000264. The van der Waals surface area contributed by atoms with Crippen molar-refractivity contribution in [1.29, 1.82) is 0 Å². The summed E-state index contributed by atoms with van der Waals surface area (Å²) in [6, 6.07) is 0. The van der Waals surface area contributed by atoms with E-state index in [1.807, 2.05) is 0 Å². The molecule has 0 fully saturated rings. The average Bonchev–Trinajstić information content (AvgIpc) is 3.17. The SMILES string of the molecule is CCCCn1cc[n+](CCCC[n+]2ccn(CCCC)c2)c1.[Br-].[Br-]. The van der Waals surface area contributed by atoms with Crippen LogP contribution in [-0.4, -0.2) is 9.13 Å². The molecular weight excluding hydrogens is 432 g/mol. The van der Waals surface area contributed by atoms with Crippen molar-refractivity contribution in [1.82, 2.24) is 9.13 Å². The van der Waals surface area contributed by atoms with Gasteiger partial charge in [0.2, 0.25) is 12.7 Å². The summed E-state index contributed by atoms with van der Waals surface area (Å²) >= 11 is 0. The lowest BCUT2D eigenvalue weighted by Crippen LogP contribution is -3.00. The minimum Gasteiger partial charge on any atom is -1.00 e. The summed E-state index contributed by atoms with van der Waals surface area (Å²) in [6.45, 7) is 9.01. The molecule has 0 unspecified atom stereocenters. The quantitative estimate of drug-likeness (QED) is 0.249. The van der Waals surface area contributed by atoms with Gasteiger partial charge in [-0.1, -0.05) is 26.7 Å². The molecule has 0 spiro atoms. The Labute approximate surface area is 168 Å². The van der Waals surface area contributed by atoms with E-state index in [2.05, 4.69) is 69.6 Å². The summed E-state index contributed by atoms with van der Waals surface area (Å²) in [5.41, 5.74) is 0. The second-order valence-electron chi connectivity index (χ2n) is 6.19. The van der Waals surface area contributed by atoms with Gasteiger partial charge in [-0.3, -0.25) is 0 Å². The van der Waals surface area contributed by atoms with E-state index in [1.165, 1.54) is 38.5 Å². The van der Waals surface area contributed by atoms with Gasteiger partial charge in [-0.2, -0.15) is 0 Å². The molecule has 0 radical (unpaired) electrons. The first-order chi connectivity index (χ1) is 10.8. The highest BCUT2D eigenvalue weighted by Crippen LogP contribution is 1.96. The number of rotatable bonds is 11. The van der Waals surface area contributed by atoms with E-state index in [-0.39, 0.29) is 34.0 Å². The molecule has 6 heteroatoms. The second-order valence-corrected chi connectivity index (χ2v) is 6.19. The van der Waals surface area contributed by atoms with Crippen molar-refractivity contribution >= 4 is 0 Å². The van der Waals surface area contributed by atoms with Crippen molar-refractivity contribution in [2.45, 2.75) is 78.6 Å². The van der Waals surface area contributed by atoms with Crippen LogP contribution >= 0.6 is 0 Å². The van der Waals surface area contributed by atoms with Crippen LogP contribution in [0.4, 0.5) is 0 Å². The van der Waals surface area contributed by atoms with Crippen LogP contribution in [-0.2, 0) is 26.2 Å². The Kier molecular flexibility index (Phi) is 13.3. The fourth-order valence-electron chi connectivity index (χ4n) is 2.68. The van der Waals surface area contributed by atoms with E-state index in [0.717, 1.165) is 26.2 Å². The molecule has 0 aromatic carbocycles. The molecule has 4 nitrogen and oxygen atoms in total. The van der Waals surface area contributed by atoms with Gasteiger partial charge in [-0.25, -0.2) is 18.3 Å². The summed E-state index contributed by atoms with van der Waals surface area (Å²) < 4.78 is 9.22. The fraction of sp³-hybridized carbons (Fsp3) is 0.667. The molecule has 0 N–H and O–H groups in total. The highest BCUT2D eigenvalue weighted by Gasteiger charge is 2.05. The smallest absolute Gasteiger partial charge is 0.243 e. The van der Waals surface area contributed by atoms with Gasteiger partial charge >= 0.3 is 0 Å². The first kappa shape index (κ1) is 23.4. The molecule has 0 atom stereocenters. The van der Waals surface area contributed by atoms with Crippen LogP contribution in [0, 0.1) is 0 Å². The Hall–Kier alpha value is -0.620. The predicted octanol–water partition coefficient (Wildman–Crippen LogP) is -3.05. The molecule has 0 aliphatic heterocycles. The number of aryl methyl sites for hydroxylation is 4.